The van der Waals surface area contributed by atoms with Crippen LogP contribution in [-0.4, -0.2) is 60.9 Å². The van der Waals surface area contributed by atoms with Gasteiger partial charge in [-0.05, 0) is 23.1 Å². The van der Waals surface area contributed by atoms with E-state index in [1.54, 1.807) is 4.90 Å². The van der Waals surface area contributed by atoms with Gasteiger partial charge in [0.25, 0.3) is 0 Å². The Balaban J connectivity index is 0.00000300. The van der Waals surface area contributed by atoms with Crippen LogP contribution in [-0.2, 0) is 16.0 Å². The Morgan fingerprint density at radius 1 is 1.03 bits per heavy atom. The molecule has 154 valence electrons. The van der Waals surface area contributed by atoms with Crippen LogP contribution in [0.3, 0.4) is 0 Å². The molecule has 0 spiro atoms. The molecule has 0 atom stereocenters. The minimum Gasteiger partial charge on any atom is -0.468 e. The standard InChI is InChI=1S/C21H24N4O3.ClH/c1-28-19(26)14-25-13-12-24(21(25)27)11-10-15-2-4-16(5-3-15)17-6-8-18(9-7-17)20(22)23;/h2-9H,10-14H2,1H3,(H3,22,23);1H. The molecule has 3 rings (SSSR count). The van der Waals surface area contributed by atoms with E-state index in [4.69, 9.17) is 11.1 Å². The molecular weight excluding hydrogens is 392 g/mol. The van der Waals surface area contributed by atoms with Gasteiger partial charge in [0, 0.05) is 25.2 Å². The Hall–Kier alpha value is -3.06. The number of carbonyl (C=O) groups is 2. The van der Waals surface area contributed by atoms with Gasteiger partial charge in [0.1, 0.15) is 12.4 Å². The van der Waals surface area contributed by atoms with Crippen molar-refractivity contribution >= 4 is 30.2 Å². The Morgan fingerprint density at radius 2 is 1.59 bits per heavy atom. The van der Waals surface area contributed by atoms with E-state index in [-0.39, 0.29) is 30.8 Å². The fraction of sp³-hybridized carbons (Fsp3) is 0.286. The number of urea groups is 1. The topological polar surface area (TPSA) is 99.7 Å². The van der Waals surface area contributed by atoms with Gasteiger partial charge < -0.3 is 20.3 Å². The summed E-state index contributed by atoms with van der Waals surface area (Å²) < 4.78 is 4.62. The first-order valence-electron chi connectivity index (χ1n) is 9.12. The average molecular weight is 417 g/mol. The van der Waals surface area contributed by atoms with Gasteiger partial charge >= 0.3 is 12.0 Å². The van der Waals surface area contributed by atoms with Gasteiger partial charge in [0.2, 0.25) is 0 Å². The van der Waals surface area contributed by atoms with Gasteiger partial charge in [-0.1, -0.05) is 48.5 Å². The molecule has 1 aliphatic heterocycles. The number of amidine groups is 1. The number of benzene rings is 2. The molecule has 1 fully saturated rings. The van der Waals surface area contributed by atoms with Crippen molar-refractivity contribution in [2.75, 3.05) is 33.3 Å². The summed E-state index contributed by atoms with van der Waals surface area (Å²) in [6.07, 6.45) is 0.751. The minimum absolute atomic E-state index is 0. The molecule has 0 radical (unpaired) electrons. The zero-order chi connectivity index (χ0) is 20.1. The van der Waals surface area contributed by atoms with Gasteiger partial charge in [-0.25, -0.2) is 4.79 Å². The highest BCUT2D eigenvalue weighted by Crippen LogP contribution is 2.21. The van der Waals surface area contributed by atoms with E-state index in [1.807, 2.05) is 36.4 Å². The van der Waals surface area contributed by atoms with E-state index in [0.717, 1.165) is 23.1 Å². The van der Waals surface area contributed by atoms with E-state index in [2.05, 4.69) is 16.9 Å². The summed E-state index contributed by atoms with van der Waals surface area (Å²) in [6.45, 7) is 1.78. The maximum absolute atomic E-state index is 12.3. The molecule has 2 aromatic carbocycles. The van der Waals surface area contributed by atoms with Crippen molar-refractivity contribution in [1.82, 2.24) is 9.80 Å². The monoisotopic (exact) mass is 416 g/mol. The maximum Gasteiger partial charge on any atom is 0.325 e. The normalized spacial score (nSPS) is 13.2. The molecule has 0 aromatic heterocycles. The molecule has 1 saturated heterocycles. The largest absolute Gasteiger partial charge is 0.468 e. The van der Waals surface area contributed by atoms with Crippen molar-refractivity contribution in [3.63, 3.8) is 0 Å². The minimum atomic E-state index is -0.401. The second kappa shape index (κ2) is 9.93. The lowest BCUT2D eigenvalue weighted by atomic mass is 10.0. The number of hydrogen-bond donors (Lipinski definition) is 2. The second-order valence-electron chi connectivity index (χ2n) is 6.71. The quantitative estimate of drug-likeness (QED) is 0.411. The van der Waals surface area contributed by atoms with Crippen molar-refractivity contribution in [1.29, 1.82) is 5.41 Å². The number of carbonyl (C=O) groups excluding carboxylic acids is 2. The highest BCUT2D eigenvalue weighted by molar-refractivity contribution is 5.95. The number of nitrogens with two attached hydrogens (primary N) is 1. The molecule has 29 heavy (non-hydrogen) atoms. The number of nitrogens with one attached hydrogen (secondary N) is 1. The summed E-state index contributed by atoms with van der Waals surface area (Å²) in [6, 6.07) is 15.7. The summed E-state index contributed by atoms with van der Waals surface area (Å²) in [5, 5.41) is 7.45. The van der Waals surface area contributed by atoms with Crippen LogP contribution in [0.2, 0.25) is 0 Å². The van der Waals surface area contributed by atoms with E-state index in [1.165, 1.54) is 12.0 Å². The first-order valence-corrected chi connectivity index (χ1v) is 9.12. The molecule has 7 nitrogen and oxygen atoms in total. The first-order chi connectivity index (χ1) is 13.5. The Labute approximate surface area is 176 Å². The Morgan fingerprint density at radius 3 is 2.14 bits per heavy atom. The molecule has 2 aromatic rings. The molecule has 1 heterocycles. The molecular formula is C21H25ClN4O3. The summed E-state index contributed by atoms with van der Waals surface area (Å²) >= 11 is 0. The lowest BCUT2D eigenvalue weighted by Gasteiger charge is -2.17. The number of methoxy groups -OCH3 is 1. The lowest BCUT2D eigenvalue weighted by molar-refractivity contribution is -0.141. The van der Waals surface area contributed by atoms with Gasteiger partial charge in [0.15, 0.2) is 0 Å². The van der Waals surface area contributed by atoms with Crippen LogP contribution in [0.5, 0.6) is 0 Å². The molecule has 3 N–H and O–H groups in total. The third kappa shape index (κ3) is 5.48. The summed E-state index contributed by atoms with van der Waals surface area (Å²) in [5.74, 6) is -0.342. The summed E-state index contributed by atoms with van der Waals surface area (Å²) in [7, 11) is 1.32. The average Bonchev–Trinajstić information content (AvgIpc) is 3.06. The molecule has 1 aliphatic rings. The zero-order valence-corrected chi connectivity index (χ0v) is 17.1. The number of amides is 2. The van der Waals surface area contributed by atoms with Crippen LogP contribution < -0.4 is 5.73 Å². The van der Waals surface area contributed by atoms with Crippen LogP contribution in [0.25, 0.3) is 11.1 Å². The van der Waals surface area contributed by atoms with E-state index >= 15 is 0 Å². The van der Waals surface area contributed by atoms with Gasteiger partial charge in [0.05, 0.1) is 7.11 Å². The molecule has 0 bridgehead atoms. The van der Waals surface area contributed by atoms with E-state index in [9.17, 15) is 9.59 Å². The van der Waals surface area contributed by atoms with Crippen molar-refractivity contribution < 1.29 is 14.3 Å². The van der Waals surface area contributed by atoms with Gasteiger partial charge in [-0.2, -0.15) is 0 Å². The van der Waals surface area contributed by atoms with Crippen molar-refractivity contribution in [2.45, 2.75) is 6.42 Å². The lowest BCUT2D eigenvalue weighted by Crippen LogP contribution is -2.36. The second-order valence-corrected chi connectivity index (χ2v) is 6.71. The predicted molar refractivity (Wildman–Crippen MR) is 114 cm³/mol. The third-order valence-corrected chi connectivity index (χ3v) is 4.88. The fourth-order valence-corrected chi connectivity index (χ4v) is 3.18. The number of nitrogens with zero attached hydrogens (tertiary/aromatic N) is 2. The van der Waals surface area contributed by atoms with Crippen LogP contribution >= 0.6 is 12.4 Å². The Kier molecular flexibility index (Phi) is 7.61. The molecule has 2 amide bonds. The van der Waals surface area contributed by atoms with Crippen LogP contribution in [0, 0.1) is 5.41 Å². The smallest absolute Gasteiger partial charge is 0.325 e. The highest BCUT2D eigenvalue weighted by Gasteiger charge is 2.29. The van der Waals surface area contributed by atoms with Crippen LogP contribution in [0.4, 0.5) is 4.79 Å². The van der Waals surface area contributed by atoms with Crippen molar-refractivity contribution in [2.24, 2.45) is 5.73 Å². The predicted octanol–water partition coefficient (Wildman–Crippen LogP) is 2.51. The van der Waals surface area contributed by atoms with Crippen molar-refractivity contribution in [3.8, 4) is 11.1 Å². The van der Waals surface area contributed by atoms with E-state index in [0.29, 0.717) is 25.2 Å². The molecule has 0 aliphatic carbocycles. The zero-order valence-electron chi connectivity index (χ0n) is 16.3. The Bertz CT molecular complexity index is 868. The van der Waals surface area contributed by atoms with Gasteiger partial charge in [-0.3, -0.25) is 10.2 Å². The number of ether oxygens (including phenoxy) is 1. The van der Waals surface area contributed by atoms with Crippen LogP contribution in [0.15, 0.2) is 48.5 Å². The number of hydrogen-bond acceptors (Lipinski definition) is 4. The van der Waals surface area contributed by atoms with Crippen LogP contribution in [0.1, 0.15) is 11.1 Å². The SMILES string of the molecule is COC(=O)CN1CCN(CCc2ccc(-c3ccc(C(=N)N)cc3)cc2)C1=O.Cl. The number of nitrogen functional groups attached to an aromatic ring is 1. The number of esters is 1. The van der Waals surface area contributed by atoms with Crippen molar-refractivity contribution in [3.05, 3.63) is 59.7 Å². The third-order valence-electron chi connectivity index (χ3n) is 4.88. The maximum atomic E-state index is 12.3. The van der Waals surface area contributed by atoms with E-state index < -0.39 is 5.97 Å². The summed E-state index contributed by atoms with van der Waals surface area (Å²) in [5.41, 5.74) is 9.48. The summed E-state index contributed by atoms with van der Waals surface area (Å²) in [4.78, 5) is 26.9. The molecule has 0 unspecified atom stereocenters. The fourth-order valence-electron chi connectivity index (χ4n) is 3.18. The first kappa shape index (κ1) is 22.2. The molecule has 8 heteroatoms. The van der Waals surface area contributed by atoms with Gasteiger partial charge in [-0.15, -0.1) is 12.4 Å². The molecule has 0 saturated carbocycles. The number of halogens is 1. The number of rotatable bonds is 7. The highest BCUT2D eigenvalue weighted by atomic mass is 35.5.